The van der Waals surface area contributed by atoms with Gasteiger partial charge in [0.2, 0.25) is 5.56 Å². The van der Waals surface area contributed by atoms with Crippen molar-refractivity contribution in [2.45, 2.75) is 5.56 Å². The number of carbonyl (C=O) groups excluding carboxylic acids is 1. The Bertz CT molecular complexity index is 482. The van der Waals surface area contributed by atoms with Crippen LogP contribution < -0.4 is 0 Å². The average molecular weight is 247 g/mol. The highest BCUT2D eigenvalue weighted by Crippen LogP contribution is 2.22. The Morgan fingerprint density at radius 1 is 0.941 bits per heavy atom. The molecule has 2 nitrogen and oxygen atoms in total. The standard InChI is InChI=1S/C14H11ClO2/c15-13(11-7-3-1-4-8-11)17-14(16)12-9-5-2-6-10-12/h1-10,13H. The first kappa shape index (κ1) is 11.7. The first-order valence-electron chi connectivity index (χ1n) is 5.22. The molecule has 0 saturated heterocycles. The van der Waals surface area contributed by atoms with Crippen LogP contribution >= 0.6 is 11.6 Å². The van der Waals surface area contributed by atoms with E-state index in [2.05, 4.69) is 0 Å². The van der Waals surface area contributed by atoms with Crippen LogP contribution in [0.3, 0.4) is 0 Å². The minimum absolute atomic E-state index is 0.422. The molecule has 0 amide bonds. The number of rotatable bonds is 3. The molecule has 0 N–H and O–H groups in total. The van der Waals surface area contributed by atoms with Gasteiger partial charge in [-0.25, -0.2) is 4.79 Å². The second-order valence-electron chi connectivity index (χ2n) is 3.50. The Hall–Kier alpha value is -1.80. The van der Waals surface area contributed by atoms with E-state index in [0.29, 0.717) is 5.56 Å². The lowest BCUT2D eigenvalue weighted by atomic mass is 10.2. The first-order chi connectivity index (χ1) is 8.27. The fraction of sp³-hybridized carbons (Fsp3) is 0.0714. The lowest BCUT2D eigenvalue weighted by Gasteiger charge is -2.11. The van der Waals surface area contributed by atoms with Crippen LogP contribution in [-0.2, 0) is 4.74 Å². The Balaban J connectivity index is 2.05. The molecule has 0 aromatic heterocycles. The van der Waals surface area contributed by atoms with Crippen molar-refractivity contribution in [1.82, 2.24) is 0 Å². The van der Waals surface area contributed by atoms with Crippen molar-refractivity contribution in [1.29, 1.82) is 0 Å². The molecule has 17 heavy (non-hydrogen) atoms. The van der Waals surface area contributed by atoms with Gasteiger partial charge in [0.1, 0.15) is 0 Å². The van der Waals surface area contributed by atoms with E-state index in [-0.39, 0.29) is 0 Å². The molecule has 0 saturated carbocycles. The van der Waals surface area contributed by atoms with Gasteiger partial charge in [-0.1, -0.05) is 60.1 Å². The number of esters is 1. The zero-order valence-electron chi connectivity index (χ0n) is 9.05. The molecule has 3 heteroatoms. The van der Waals surface area contributed by atoms with Crippen molar-refractivity contribution < 1.29 is 9.53 Å². The molecule has 1 unspecified atom stereocenters. The third-order valence-corrected chi connectivity index (χ3v) is 2.62. The Morgan fingerprint density at radius 2 is 1.47 bits per heavy atom. The molecular weight excluding hydrogens is 236 g/mol. The number of benzene rings is 2. The van der Waals surface area contributed by atoms with Crippen molar-refractivity contribution >= 4 is 17.6 Å². The van der Waals surface area contributed by atoms with Crippen LogP contribution in [0.5, 0.6) is 0 Å². The summed E-state index contributed by atoms with van der Waals surface area (Å²) >= 11 is 6.01. The van der Waals surface area contributed by atoms with Crippen molar-refractivity contribution in [3.05, 3.63) is 71.8 Å². The van der Waals surface area contributed by atoms with Crippen LogP contribution in [-0.4, -0.2) is 5.97 Å². The summed E-state index contributed by atoms with van der Waals surface area (Å²) in [5.41, 5.74) is 0.497. The monoisotopic (exact) mass is 246 g/mol. The summed E-state index contributed by atoms with van der Waals surface area (Å²) in [5.74, 6) is -0.422. The van der Waals surface area contributed by atoms with Gasteiger partial charge in [0.05, 0.1) is 5.56 Å². The first-order valence-corrected chi connectivity index (χ1v) is 5.66. The maximum atomic E-state index is 11.7. The molecule has 0 fully saturated rings. The van der Waals surface area contributed by atoms with E-state index >= 15 is 0 Å². The molecule has 2 aromatic rings. The SMILES string of the molecule is O=C(OC(Cl)c1ccccc1)c1ccccc1. The van der Waals surface area contributed by atoms with Gasteiger partial charge in [-0.05, 0) is 12.1 Å². The summed E-state index contributed by atoms with van der Waals surface area (Å²) in [6.07, 6.45) is 0. The van der Waals surface area contributed by atoms with Gasteiger partial charge in [-0.2, -0.15) is 0 Å². The molecule has 0 radical (unpaired) electrons. The predicted molar refractivity (Wildman–Crippen MR) is 66.9 cm³/mol. The van der Waals surface area contributed by atoms with Crippen molar-refractivity contribution in [2.75, 3.05) is 0 Å². The van der Waals surface area contributed by atoms with E-state index in [1.54, 1.807) is 24.3 Å². The maximum absolute atomic E-state index is 11.7. The number of alkyl halides is 1. The molecule has 2 rings (SSSR count). The Labute approximate surface area is 105 Å². The molecule has 0 spiro atoms. The minimum Gasteiger partial charge on any atom is -0.438 e. The zero-order valence-corrected chi connectivity index (χ0v) is 9.80. The highest BCUT2D eigenvalue weighted by molar-refractivity contribution is 6.20. The highest BCUT2D eigenvalue weighted by atomic mass is 35.5. The van der Waals surface area contributed by atoms with Crippen LogP contribution in [0.15, 0.2) is 60.7 Å². The second kappa shape index (κ2) is 5.51. The van der Waals surface area contributed by atoms with E-state index in [0.717, 1.165) is 5.56 Å². The summed E-state index contributed by atoms with van der Waals surface area (Å²) in [7, 11) is 0. The van der Waals surface area contributed by atoms with Gasteiger partial charge in [0.25, 0.3) is 0 Å². The van der Waals surface area contributed by atoms with E-state index in [4.69, 9.17) is 16.3 Å². The van der Waals surface area contributed by atoms with Gasteiger partial charge < -0.3 is 4.74 Å². The second-order valence-corrected chi connectivity index (χ2v) is 3.89. The molecule has 86 valence electrons. The number of hydrogen-bond acceptors (Lipinski definition) is 2. The third kappa shape index (κ3) is 3.08. The minimum atomic E-state index is -0.760. The van der Waals surface area contributed by atoms with Crippen molar-refractivity contribution in [3.63, 3.8) is 0 Å². The van der Waals surface area contributed by atoms with Gasteiger partial charge in [-0.15, -0.1) is 0 Å². The third-order valence-electron chi connectivity index (χ3n) is 2.28. The van der Waals surface area contributed by atoms with Gasteiger partial charge in [0.15, 0.2) is 0 Å². The van der Waals surface area contributed by atoms with Gasteiger partial charge in [0, 0.05) is 5.56 Å². The fourth-order valence-corrected chi connectivity index (χ4v) is 1.64. The fourth-order valence-electron chi connectivity index (χ4n) is 1.41. The van der Waals surface area contributed by atoms with E-state index in [1.807, 2.05) is 36.4 Å². The number of ether oxygens (including phenoxy) is 1. The normalized spacial score (nSPS) is 11.8. The van der Waals surface area contributed by atoms with Crippen LogP contribution in [0.4, 0.5) is 0 Å². The summed E-state index contributed by atoms with van der Waals surface area (Å²) in [6, 6.07) is 18.0. The Kier molecular flexibility index (Phi) is 3.78. The number of halogens is 1. The van der Waals surface area contributed by atoms with Gasteiger partial charge in [-0.3, -0.25) is 0 Å². The van der Waals surface area contributed by atoms with Crippen LogP contribution in [0.25, 0.3) is 0 Å². The zero-order chi connectivity index (χ0) is 12.1. The molecule has 0 aliphatic carbocycles. The van der Waals surface area contributed by atoms with Crippen LogP contribution in [0.1, 0.15) is 21.5 Å². The lowest BCUT2D eigenvalue weighted by molar-refractivity contribution is 0.0446. The Morgan fingerprint density at radius 3 is 2.06 bits per heavy atom. The van der Waals surface area contributed by atoms with E-state index in [1.165, 1.54) is 0 Å². The number of carbonyl (C=O) groups is 1. The molecule has 0 aliphatic heterocycles. The molecule has 2 aromatic carbocycles. The summed E-state index contributed by atoms with van der Waals surface area (Å²) in [4.78, 5) is 11.7. The highest BCUT2D eigenvalue weighted by Gasteiger charge is 2.14. The van der Waals surface area contributed by atoms with E-state index in [9.17, 15) is 4.79 Å². The quantitative estimate of drug-likeness (QED) is 0.609. The molecule has 0 heterocycles. The molecule has 0 aliphatic rings. The molecule has 1 atom stereocenters. The summed E-state index contributed by atoms with van der Waals surface area (Å²) < 4.78 is 5.15. The van der Waals surface area contributed by atoms with Crippen molar-refractivity contribution in [2.24, 2.45) is 0 Å². The largest absolute Gasteiger partial charge is 0.438 e. The van der Waals surface area contributed by atoms with Crippen LogP contribution in [0, 0.1) is 0 Å². The molecule has 0 bridgehead atoms. The predicted octanol–water partition coefficient (Wildman–Crippen LogP) is 3.78. The smallest absolute Gasteiger partial charge is 0.339 e. The van der Waals surface area contributed by atoms with Crippen molar-refractivity contribution in [3.8, 4) is 0 Å². The topological polar surface area (TPSA) is 26.3 Å². The molecular formula is C14H11ClO2. The number of hydrogen-bond donors (Lipinski definition) is 0. The van der Waals surface area contributed by atoms with E-state index < -0.39 is 11.5 Å². The average Bonchev–Trinajstić information content (AvgIpc) is 2.40. The van der Waals surface area contributed by atoms with Crippen LogP contribution in [0.2, 0.25) is 0 Å². The van der Waals surface area contributed by atoms with Gasteiger partial charge >= 0.3 is 5.97 Å². The summed E-state index contributed by atoms with van der Waals surface area (Å²) in [5, 5.41) is 0. The maximum Gasteiger partial charge on any atom is 0.339 e. The summed E-state index contributed by atoms with van der Waals surface area (Å²) in [6.45, 7) is 0. The lowest BCUT2D eigenvalue weighted by Crippen LogP contribution is -2.07.